The second kappa shape index (κ2) is 5.91. The highest BCUT2D eigenvalue weighted by Gasteiger charge is 2.29. The van der Waals surface area contributed by atoms with E-state index in [1.807, 2.05) is 4.68 Å². The van der Waals surface area contributed by atoms with E-state index in [1.54, 1.807) is 0 Å². The Balaban J connectivity index is 1.83. The molecule has 0 unspecified atom stereocenters. The maximum Gasteiger partial charge on any atom is 0.360 e. The summed E-state index contributed by atoms with van der Waals surface area (Å²) in [5, 5.41) is 11.6. The number of aromatic nitrogens is 3. The SMILES string of the molecule is COC(=O)c1nnn(CCC2CC2)c1C1CCNCC1. The molecule has 1 saturated carbocycles. The zero-order valence-corrected chi connectivity index (χ0v) is 12.0. The minimum absolute atomic E-state index is 0.361. The third kappa shape index (κ3) is 2.85. The van der Waals surface area contributed by atoms with E-state index >= 15 is 0 Å². The molecule has 1 saturated heterocycles. The summed E-state index contributed by atoms with van der Waals surface area (Å²) >= 11 is 0. The third-order valence-electron chi connectivity index (χ3n) is 4.32. The van der Waals surface area contributed by atoms with E-state index in [0.717, 1.165) is 50.5 Å². The van der Waals surface area contributed by atoms with Gasteiger partial charge in [-0.2, -0.15) is 0 Å². The Kier molecular flexibility index (Phi) is 4.00. The first-order valence-electron chi connectivity index (χ1n) is 7.52. The van der Waals surface area contributed by atoms with Gasteiger partial charge < -0.3 is 10.1 Å². The Morgan fingerprint density at radius 3 is 2.75 bits per heavy atom. The Labute approximate surface area is 118 Å². The average molecular weight is 278 g/mol. The summed E-state index contributed by atoms with van der Waals surface area (Å²) in [5.41, 5.74) is 1.40. The lowest BCUT2D eigenvalue weighted by Crippen LogP contribution is -2.29. The van der Waals surface area contributed by atoms with Crippen LogP contribution < -0.4 is 5.32 Å². The average Bonchev–Trinajstić information content (AvgIpc) is 3.23. The van der Waals surface area contributed by atoms with Crippen molar-refractivity contribution in [2.75, 3.05) is 20.2 Å². The quantitative estimate of drug-likeness (QED) is 0.823. The molecule has 1 N–H and O–H groups in total. The highest BCUT2D eigenvalue weighted by molar-refractivity contribution is 5.88. The molecule has 110 valence electrons. The van der Waals surface area contributed by atoms with Crippen molar-refractivity contribution in [3.63, 3.8) is 0 Å². The monoisotopic (exact) mass is 278 g/mol. The number of hydrogen-bond acceptors (Lipinski definition) is 5. The van der Waals surface area contributed by atoms with Crippen molar-refractivity contribution in [2.24, 2.45) is 5.92 Å². The molecule has 1 aromatic rings. The van der Waals surface area contributed by atoms with Crippen LogP contribution in [0.15, 0.2) is 0 Å². The second-order valence-corrected chi connectivity index (χ2v) is 5.79. The van der Waals surface area contributed by atoms with Gasteiger partial charge in [0.1, 0.15) is 0 Å². The van der Waals surface area contributed by atoms with Gasteiger partial charge in [-0.1, -0.05) is 18.1 Å². The standard InChI is InChI=1S/C14H22N4O2/c1-20-14(19)12-13(11-4-7-15-8-5-11)18(17-16-12)9-6-10-2-3-10/h10-11,15H,2-9H2,1H3. The topological polar surface area (TPSA) is 69.0 Å². The maximum absolute atomic E-state index is 11.9. The molecule has 1 aromatic heterocycles. The first-order valence-corrected chi connectivity index (χ1v) is 7.52. The van der Waals surface area contributed by atoms with E-state index in [2.05, 4.69) is 15.6 Å². The molecule has 6 nitrogen and oxygen atoms in total. The first kappa shape index (κ1) is 13.5. The molecule has 2 aliphatic rings. The zero-order chi connectivity index (χ0) is 13.9. The van der Waals surface area contributed by atoms with Crippen LogP contribution in [-0.2, 0) is 11.3 Å². The van der Waals surface area contributed by atoms with Crippen LogP contribution in [0, 0.1) is 5.92 Å². The molecular formula is C14H22N4O2. The van der Waals surface area contributed by atoms with Crippen LogP contribution in [0.1, 0.15) is 54.2 Å². The van der Waals surface area contributed by atoms with Crippen molar-refractivity contribution in [1.82, 2.24) is 20.3 Å². The van der Waals surface area contributed by atoms with Gasteiger partial charge in [0.15, 0.2) is 5.69 Å². The summed E-state index contributed by atoms with van der Waals surface area (Å²) < 4.78 is 6.79. The van der Waals surface area contributed by atoms with Crippen molar-refractivity contribution in [1.29, 1.82) is 0 Å². The zero-order valence-electron chi connectivity index (χ0n) is 12.0. The van der Waals surface area contributed by atoms with Gasteiger partial charge in [-0.3, -0.25) is 0 Å². The molecule has 0 spiro atoms. The lowest BCUT2D eigenvalue weighted by atomic mass is 9.93. The molecule has 0 bridgehead atoms. The van der Waals surface area contributed by atoms with Gasteiger partial charge in [0.05, 0.1) is 12.8 Å². The third-order valence-corrected chi connectivity index (χ3v) is 4.32. The number of carbonyl (C=O) groups excluding carboxylic acids is 1. The van der Waals surface area contributed by atoms with Gasteiger partial charge in [0.2, 0.25) is 0 Å². The minimum atomic E-state index is -0.365. The fourth-order valence-corrected chi connectivity index (χ4v) is 2.94. The Hall–Kier alpha value is -1.43. The Morgan fingerprint density at radius 2 is 2.10 bits per heavy atom. The molecule has 1 aliphatic carbocycles. The molecule has 1 aliphatic heterocycles. The van der Waals surface area contributed by atoms with E-state index in [1.165, 1.54) is 20.0 Å². The Bertz CT molecular complexity index is 476. The number of ether oxygens (including phenoxy) is 1. The summed E-state index contributed by atoms with van der Waals surface area (Å²) in [5.74, 6) is 0.845. The van der Waals surface area contributed by atoms with Crippen LogP contribution in [0.5, 0.6) is 0 Å². The summed E-state index contributed by atoms with van der Waals surface area (Å²) in [6.07, 6.45) is 5.87. The van der Waals surface area contributed by atoms with Gasteiger partial charge in [0.25, 0.3) is 0 Å². The number of piperidine rings is 1. The van der Waals surface area contributed by atoms with E-state index in [0.29, 0.717) is 11.6 Å². The van der Waals surface area contributed by atoms with Crippen molar-refractivity contribution < 1.29 is 9.53 Å². The van der Waals surface area contributed by atoms with Gasteiger partial charge in [-0.25, -0.2) is 9.48 Å². The fraction of sp³-hybridized carbons (Fsp3) is 0.786. The number of esters is 1. The van der Waals surface area contributed by atoms with Crippen molar-refractivity contribution in [3.05, 3.63) is 11.4 Å². The van der Waals surface area contributed by atoms with Gasteiger partial charge in [-0.05, 0) is 38.3 Å². The van der Waals surface area contributed by atoms with Crippen LogP contribution in [0.2, 0.25) is 0 Å². The normalized spacial score (nSPS) is 20.1. The van der Waals surface area contributed by atoms with Gasteiger partial charge in [0, 0.05) is 12.5 Å². The van der Waals surface area contributed by atoms with Crippen molar-refractivity contribution >= 4 is 5.97 Å². The lowest BCUT2D eigenvalue weighted by molar-refractivity contribution is 0.0591. The summed E-state index contributed by atoms with van der Waals surface area (Å²) in [4.78, 5) is 11.9. The number of hydrogen-bond donors (Lipinski definition) is 1. The van der Waals surface area contributed by atoms with Gasteiger partial charge >= 0.3 is 5.97 Å². The molecule has 0 aromatic carbocycles. The summed E-state index contributed by atoms with van der Waals surface area (Å²) in [7, 11) is 1.40. The van der Waals surface area contributed by atoms with E-state index in [9.17, 15) is 4.79 Å². The smallest absolute Gasteiger partial charge is 0.360 e. The summed E-state index contributed by atoms with van der Waals surface area (Å²) in [6, 6.07) is 0. The molecule has 3 rings (SSSR count). The summed E-state index contributed by atoms with van der Waals surface area (Å²) in [6.45, 7) is 2.84. The largest absolute Gasteiger partial charge is 0.464 e. The number of rotatable bonds is 5. The molecule has 2 heterocycles. The second-order valence-electron chi connectivity index (χ2n) is 5.79. The number of methoxy groups -OCH3 is 1. The molecule has 0 atom stereocenters. The fourth-order valence-electron chi connectivity index (χ4n) is 2.94. The maximum atomic E-state index is 11.9. The van der Waals surface area contributed by atoms with E-state index in [-0.39, 0.29) is 5.97 Å². The van der Waals surface area contributed by atoms with Crippen LogP contribution in [0.3, 0.4) is 0 Å². The predicted octanol–water partition coefficient (Wildman–Crippen LogP) is 1.33. The highest BCUT2D eigenvalue weighted by Crippen LogP contribution is 2.34. The van der Waals surface area contributed by atoms with Crippen molar-refractivity contribution in [2.45, 2.75) is 44.6 Å². The molecule has 0 amide bonds. The van der Waals surface area contributed by atoms with Crippen LogP contribution >= 0.6 is 0 Å². The van der Waals surface area contributed by atoms with Crippen LogP contribution in [0.25, 0.3) is 0 Å². The molecule has 0 radical (unpaired) electrons. The lowest BCUT2D eigenvalue weighted by Gasteiger charge is -2.23. The number of nitrogens with zero attached hydrogens (tertiary/aromatic N) is 3. The number of carbonyl (C=O) groups is 1. The number of nitrogens with one attached hydrogen (secondary N) is 1. The van der Waals surface area contributed by atoms with Crippen LogP contribution in [0.4, 0.5) is 0 Å². The van der Waals surface area contributed by atoms with Crippen molar-refractivity contribution in [3.8, 4) is 0 Å². The Morgan fingerprint density at radius 1 is 1.35 bits per heavy atom. The highest BCUT2D eigenvalue weighted by atomic mass is 16.5. The van der Waals surface area contributed by atoms with Crippen LogP contribution in [-0.4, -0.2) is 41.2 Å². The minimum Gasteiger partial charge on any atom is -0.464 e. The molecule has 6 heteroatoms. The predicted molar refractivity (Wildman–Crippen MR) is 73.5 cm³/mol. The van der Waals surface area contributed by atoms with E-state index in [4.69, 9.17) is 4.74 Å². The first-order chi connectivity index (χ1) is 9.79. The number of aryl methyl sites for hydroxylation is 1. The van der Waals surface area contributed by atoms with E-state index < -0.39 is 0 Å². The molecule has 20 heavy (non-hydrogen) atoms. The molecular weight excluding hydrogens is 256 g/mol. The van der Waals surface area contributed by atoms with Gasteiger partial charge in [-0.15, -0.1) is 5.10 Å². The molecule has 2 fully saturated rings.